The van der Waals surface area contributed by atoms with Gasteiger partial charge in [-0.1, -0.05) is 28.1 Å². The molecule has 0 amide bonds. The van der Waals surface area contributed by atoms with Gasteiger partial charge in [-0.15, -0.1) is 0 Å². The molecule has 0 unspecified atom stereocenters. The average Bonchev–Trinajstić information content (AvgIpc) is 2.40. The standard InChI is InChI=1S/C15H11BrN2O/c16-14-6-2-5-13-12(14)7-8-18-15(13)19-11-4-1-3-10(17)9-11/h1-9H,17H2. The molecule has 0 aliphatic carbocycles. The van der Waals surface area contributed by atoms with Crippen LogP contribution in [0, 0.1) is 0 Å². The molecule has 94 valence electrons. The lowest BCUT2D eigenvalue weighted by Crippen LogP contribution is -1.91. The minimum atomic E-state index is 0.574. The average molecular weight is 315 g/mol. The topological polar surface area (TPSA) is 48.1 Å². The Hall–Kier alpha value is -2.07. The second-order valence-electron chi connectivity index (χ2n) is 4.13. The summed E-state index contributed by atoms with van der Waals surface area (Å²) in [5.41, 5.74) is 6.41. The summed E-state index contributed by atoms with van der Waals surface area (Å²) in [6.07, 6.45) is 1.73. The van der Waals surface area contributed by atoms with Crippen LogP contribution < -0.4 is 10.5 Å². The van der Waals surface area contributed by atoms with Crippen LogP contribution in [0.25, 0.3) is 10.8 Å². The summed E-state index contributed by atoms with van der Waals surface area (Å²) in [7, 11) is 0. The van der Waals surface area contributed by atoms with E-state index in [2.05, 4.69) is 20.9 Å². The molecule has 0 atom stereocenters. The SMILES string of the molecule is Nc1cccc(Oc2nccc3c(Br)cccc23)c1. The van der Waals surface area contributed by atoms with Crippen LogP contribution in [0.5, 0.6) is 11.6 Å². The Morgan fingerprint density at radius 3 is 2.68 bits per heavy atom. The molecular formula is C15H11BrN2O. The number of ether oxygens (including phenoxy) is 1. The minimum Gasteiger partial charge on any atom is -0.438 e. The molecule has 1 heterocycles. The van der Waals surface area contributed by atoms with Crippen LogP contribution in [0.3, 0.4) is 0 Å². The predicted octanol–water partition coefficient (Wildman–Crippen LogP) is 4.37. The number of pyridine rings is 1. The first-order valence-electron chi connectivity index (χ1n) is 5.81. The van der Waals surface area contributed by atoms with Gasteiger partial charge in [-0.25, -0.2) is 4.98 Å². The van der Waals surface area contributed by atoms with Crippen molar-refractivity contribution in [3.8, 4) is 11.6 Å². The van der Waals surface area contributed by atoms with Crippen LogP contribution in [0.4, 0.5) is 5.69 Å². The van der Waals surface area contributed by atoms with E-state index in [-0.39, 0.29) is 0 Å². The fourth-order valence-corrected chi connectivity index (χ4v) is 2.41. The van der Waals surface area contributed by atoms with E-state index in [0.29, 0.717) is 17.3 Å². The first kappa shape index (κ1) is 12.0. The van der Waals surface area contributed by atoms with E-state index in [0.717, 1.165) is 15.2 Å². The number of aromatic nitrogens is 1. The van der Waals surface area contributed by atoms with E-state index in [9.17, 15) is 0 Å². The summed E-state index contributed by atoms with van der Waals surface area (Å²) in [4.78, 5) is 4.29. The van der Waals surface area contributed by atoms with Crippen LogP contribution in [-0.4, -0.2) is 4.98 Å². The van der Waals surface area contributed by atoms with Crippen molar-refractivity contribution in [1.82, 2.24) is 4.98 Å². The number of hydrogen-bond acceptors (Lipinski definition) is 3. The van der Waals surface area contributed by atoms with E-state index < -0.39 is 0 Å². The smallest absolute Gasteiger partial charge is 0.227 e. The van der Waals surface area contributed by atoms with Crippen molar-refractivity contribution in [3.05, 3.63) is 59.2 Å². The quantitative estimate of drug-likeness (QED) is 0.714. The number of nitrogen functional groups attached to an aromatic ring is 1. The number of halogens is 1. The lowest BCUT2D eigenvalue weighted by molar-refractivity contribution is 0.469. The first-order chi connectivity index (χ1) is 9.24. The second-order valence-corrected chi connectivity index (χ2v) is 4.98. The number of nitrogens with two attached hydrogens (primary N) is 1. The van der Waals surface area contributed by atoms with Gasteiger partial charge in [0.25, 0.3) is 0 Å². The van der Waals surface area contributed by atoms with Crippen molar-refractivity contribution in [2.24, 2.45) is 0 Å². The molecule has 2 aromatic carbocycles. The van der Waals surface area contributed by atoms with Gasteiger partial charge in [0.05, 0.1) is 0 Å². The molecule has 0 saturated carbocycles. The molecule has 0 fully saturated rings. The maximum absolute atomic E-state index is 5.82. The molecule has 0 aliphatic rings. The molecule has 2 N–H and O–H groups in total. The summed E-state index contributed by atoms with van der Waals surface area (Å²) in [5.74, 6) is 1.25. The monoisotopic (exact) mass is 314 g/mol. The van der Waals surface area contributed by atoms with Crippen molar-refractivity contribution in [3.63, 3.8) is 0 Å². The molecule has 3 nitrogen and oxygen atoms in total. The molecule has 0 aliphatic heterocycles. The lowest BCUT2D eigenvalue weighted by atomic mass is 10.2. The fraction of sp³-hybridized carbons (Fsp3) is 0. The Kier molecular flexibility index (Phi) is 3.09. The minimum absolute atomic E-state index is 0.574. The van der Waals surface area contributed by atoms with Crippen molar-refractivity contribution in [2.75, 3.05) is 5.73 Å². The fourth-order valence-electron chi connectivity index (χ4n) is 1.91. The largest absolute Gasteiger partial charge is 0.438 e. The van der Waals surface area contributed by atoms with Crippen LogP contribution in [0.15, 0.2) is 59.2 Å². The third kappa shape index (κ3) is 2.39. The highest BCUT2D eigenvalue weighted by atomic mass is 79.9. The Labute approximate surface area is 119 Å². The molecule has 19 heavy (non-hydrogen) atoms. The van der Waals surface area contributed by atoms with Crippen LogP contribution in [0.1, 0.15) is 0 Å². The maximum atomic E-state index is 5.82. The summed E-state index contributed by atoms with van der Waals surface area (Å²) in [6, 6.07) is 15.2. The van der Waals surface area contributed by atoms with Gasteiger partial charge in [0.2, 0.25) is 5.88 Å². The summed E-state index contributed by atoms with van der Waals surface area (Å²) >= 11 is 3.52. The Morgan fingerprint density at radius 1 is 1.00 bits per heavy atom. The molecule has 0 radical (unpaired) electrons. The van der Waals surface area contributed by atoms with Gasteiger partial charge in [-0.3, -0.25) is 0 Å². The third-order valence-corrected chi connectivity index (χ3v) is 3.48. The zero-order valence-electron chi connectivity index (χ0n) is 10.0. The van der Waals surface area contributed by atoms with Gasteiger partial charge in [-0.2, -0.15) is 0 Å². The molecule has 4 heteroatoms. The molecular weight excluding hydrogens is 304 g/mol. The summed E-state index contributed by atoms with van der Waals surface area (Å²) in [6.45, 7) is 0. The van der Waals surface area contributed by atoms with Gasteiger partial charge in [-0.05, 0) is 30.3 Å². The molecule has 0 spiro atoms. The number of fused-ring (bicyclic) bond motifs is 1. The van der Waals surface area contributed by atoms with Crippen molar-refractivity contribution >= 4 is 32.4 Å². The third-order valence-electron chi connectivity index (χ3n) is 2.79. The number of nitrogens with zero attached hydrogens (tertiary/aromatic N) is 1. The Bertz CT molecular complexity index is 743. The van der Waals surface area contributed by atoms with E-state index in [1.165, 1.54) is 0 Å². The number of anilines is 1. The normalized spacial score (nSPS) is 10.6. The van der Waals surface area contributed by atoms with E-state index in [1.807, 2.05) is 42.5 Å². The molecule has 0 bridgehead atoms. The highest BCUT2D eigenvalue weighted by Crippen LogP contribution is 2.31. The van der Waals surface area contributed by atoms with Gasteiger partial charge in [0.15, 0.2) is 0 Å². The van der Waals surface area contributed by atoms with Crippen molar-refractivity contribution < 1.29 is 4.74 Å². The predicted molar refractivity (Wildman–Crippen MR) is 80.4 cm³/mol. The summed E-state index contributed by atoms with van der Waals surface area (Å²) < 4.78 is 6.83. The summed E-state index contributed by atoms with van der Waals surface area (Å²) in [5, 5.41) is 2.02. The van der Waals surface area contributed by atoms with Gasteiger partial charge >= 0.3 is 0 Å². The maximum Gasteiger partial charge on any atom is 0.227 e. The zero-order chi connectivity index (χ0) is 13.2. The molecule has 3 aromatic rings. The van der Waals surface area contributed by atoms with E-state index >= 15 is 0 Å². The van der Waals surface area contributed by atoms with Gasteiger partial charge < -0.3 is 10.5 Å². The van der Waals surface area contributed by atoms with Crippen molar-refractivity contribution in [2.45, 2.75) is 0 Å². The van der Waals surface area contributed by atoms with E-state index in [1.54, 1.807) is 12.3 Å². The van der Waals surface area contributed by atoms with Crippen LogP contribution in [0.2, 0.25) is 0 Å². The highest BCUT2D eigenvalue weighted by Gasteiger charge is 2.06. The van der Waals surface area contributed by atoms with Crippen LogP contribution in [-0.2, 0) is 0 Å². The Morgan fingerprint density at radius 2 is 1.84 bits per heavy atom. The first-order valence-corrected chi connectivity index (χ1v) is 6.60. The molecule has 0 saturated heterocycles. The lowest BCUT2D eigenvalue weighted by Gasteiger charge is -2.08. The molecule has 1 aromatic heterocycles. The highest BCUT2D eigenvalue weighted by molar-refractivity contribution is 9.10. The number of benzene rings is 2. The second kappa shape index (κ2) is 4.90. The Balaban J connectivity index is 2.08. The van der Waals surface area contributed by atoms with Crippen LogP contribution >= 0.6 is 15.9 Å². The van der Waals surface area contributed by atoms with E-state index in [4.69, 9.17) is 10.5 Å². The number of hydrogen-bond donors (Lipinski definition) is 1. The van der Waals surface area contributed by atoms with Crippen molar-refractivity contribution in [1.29, 1.82) is 0 Å². The zero-order valence-corrected chi connectivity index (χ0v) is 11.6. The molecule has 3 rings (SSSR count). The number of rotatable bonds is 2. The van der Waals surface area contributed by atoms with Gasteiger partial charge in [0, 0.05) is 33.2 Å². The van der Waals surface area contributed by atoms with Gasteiger partial charge in [0.1, 0.15) is 5.75 Å².